The van der Waals surface area contributed by atoms with Gasteiger partial charge in [-0.1, -0.05) is 0 Å². The summed E-state index contributed by atoms with van der Waals surface area (Å²) in [5, 5.41) is 0. The van der Waals surface area contributed by atoms with Gasteiger partial charge in [-0.05, 0) is 36.8 Å². The number of hydrogen-bond donors (Lipinski definition) is 1. The lowest BCUT2D eigenvalue weighted by Gasteiger charge is -2.11. The zero-order valence-corrected chi connectivity index (χ0v) is 11.0. The van der Waals surface area contributed by atoms with E-state index in [4.69, 9.17) is 12.2 Å². The standard InChI is InChI=1S/C11H11FN2O2S2/c12-7-1-2-9-10(5-7)14(11(17)13-9)8-3-4-18(15,16)6-8/h1-2,5,8H,3-4,6H2,(H,13,17). The number of H-pyrrole nitrogens is 1. The number of sulfone groups is 1. The van der Waals surface area contributed by atoms with Gasteiger partial charge in [-0.15, -0.1) is 0 Å². The highest BCUT2D eigenvalue weighted by Crippen LogP contribution is 2.28. The van der Waals surface area contributed by atoms with Gasteiger partial charge in [0.2, 0.25) is 0 Å². The second-order valence-corrected chi connectivity index (χ2v) is 7.13. The van der Waals surface area contributed by atoms with Crippen molar-refractivity contribution in [3.05, 3.63) is 28.8 Å². The van der Waals surface area contributed by atoms with Crippen molar-refractivity contribution in [2.24, 2.45) is 0 Å². The Hall–Kier alpha value is -1.21. The Bertz CT molecular complexity index is 776. The first kappa shape index (κ1) is 11.9. The van der Waals surface area contributed by atoms with Crippen LogP contribution in [0.15, 0.2) is 18.2 Å². The Labute approximate surface area is 108 Å². The first-order valence-electron chi connectivity index (χ1n) is 5.56. The molecule has 1 atom stereocenters. The molecule has 1 aromatic heterocycles. The Morgan fingerprint density at radius 3 is 2.89 bits per heavy atom. The molecule has 1 saturated heterocycles. The number of halogens is 1. The van der Waals surface area contributed by atoms with Gasteiger partial charge in [0.25, 0.3) is 0 Å². The average molecular weight is 286 g/mol. The topological polar surface area (TPSA) is 54.9 Å². The third kappa shape index (κ3) is 1.87. The highest BCUT2D eigenvalue weighted by molar-refractivity contribution is 7.91. The van der Waals surface area contributed by atoms with Crippen LogP contribution in [-0.2, 0) is 9.84 Å². The van der Waals surface area contributed by atoms with Crippen LogP contribution in [0.4, 0.5) is 4.39 Å². The van der Waals surface area contributed by atoms with E-state index in [0.29, 0.717) is 16.7 Å². The third-order valence-electron chi connectivity index (χ3n) is 3.25. The first-order valence-corrected chi connectivity index (χ1v) is 7.79. The zero-order valence-electron chi connectivity index (χ0n) is 9.39. The van der Waals surface area contributed by atoms with Crippen molar-refractivity contribution < 1.29 is 12.8 Å². The van der Waals surface area contributed by atoms with Crippen molar-refractivity contribution >= 4 is 33.1 Å². The normalized spacial score (nSPS) is 22.6. The fourth-order valence-electron chi connectivity index (χ4n) is 2.44. The van der Waals surface area contributed by atoms with E-state index < -0.39 is 9.84 Å². The number of nitrogens with zero attached hydrogens (tertiary/aromatic N) is 1. The van der Waals surface area contributed by atoms with Gasteiger partial charge >= 0.3 is 0 Å². The van der Waals surface area contributed by atoms with Crippen LogP contribution >= 0.6 is 12.2 Å². The number of benzene rings is 1. The quantitative estimate of drug-likeness (QED) is 0.818. The van der Waals surface area contributed by atoms with E-state index >= 15 is 0 Å². The highest BCUT2D eigenvalue weighted by Gasteiger charge is 2.30. The van der Waals surface area contributed by atoms with E-state index in [0.717, 1.165) is 5.52 Å². The smallest absolute Gasteiger partial charge is 0.178 e. The second kappa shape index (κ2) is 3.89. The van der Waals surface area contributed by atoms with Gasteiger partial charge in [0.15, 0.2) is 14.6 Å². The predicted molar refractivity (Wildman–Crippen MR) is 69.4 cm³/mol. The zero-order chi connectivity index (χ0) is 12.9. The molecule has 4 nitrogen and oxygen atoms in total. The van der Waals surface area contributed by atoms with Crippen LogP contribution in [0.5, 0.6) is 0 Å². The highest BCUT2D eigenvalue weighted by atomic mass is 32.2. The molecule has 1 aromatic carbocycles. The molecular weight excluding hydrogens is 275 g/mol. The third-order valence-corrected chi connectivity index (χ3v) is 5.30. The number of aromatic amines is 1. The van der Waals surface area contributed by atoms with Crippen molar-refractivity contribution in [3.63, 3.8) is 0 Å². The van der Waals surface area contributed by atoms with E-state index in [1.54, 1.807) is 10.6 Å². The fourth-order valence-corrected chi connectivity index (χ4v) is 4.49. The number of hydrogen-bond acceptors (Lipinski definition) is 3. The minimum atomic E-state index is -2.99. The molecule has 0 amide bonds. The number of fused-ring (bicyclic) bond motifs is 1. The van der Waals surface area contributed by atoms with Crippen molar-refractivity contribution in [2.75, 3.05) is 11.5 Å². The summed E-state index contributed by atoms with van der Waals surface area (Å²) in [4.78, 5) is 2.97. The molecular formula is C11H11FN2O2S2. The maximum Gasteiger partial charge on any atom is 0.178 e. The summed E-state index contributed by atoms with van der Waals surface area (Å²) in [6.45, 7) is 0. The molecule has 0 bridgehead atoms. The molecule has 18 heavy (non-hydrogen) atoms. The van der Waals surface area contributed by atoms with Crippen molar-refractivity contribution in [3.8, 4) is 0 Å². The molecule has 3 rings (SSSR count). The fraction of sp³-hybridized carbons (Fsp3) is 0.364. The van der Waals surface area contributed by atoms with Crippen molar-refractivity contribution in [1.82, 2.24) is 9.55 Å². The van der Waals surface area contributed by atoms with E-state index in [1.165, 1.54) is 12.1 Å². The molecule has 0 saturated carbocycles. The van der Waals surface area contributed by atoms with Crippen LogP contribution in [0, 0.1) is 10.6 Å². The number of rotatable bonds is 1. The lowest BCUT2D eigenvalue weighted by Crippen LogP contribution is -2.11. The molecule has 96 valence electrons. The van der Waals surface area contributed by atoms with Gasteiger partial charge in [-0.25, -0.2) is 12.8 Å². The Morgan fingerprint density at radius 1 is 1.44 bits per heavy atom. The van der Waals surface area contributed by atoms with Crippen LogP contribution in [0.3, 0.4) is 0 Å². The van der Waals surface area contributed by atoms with Crippen LogP contribution in [0.25, 0.3) is 11.0 Å². The molecule has 2 heterocycles. The van der Waals surface area contributed by atoms with Gasteiger partial charge in [-0.2, -0.15) is 0 Å². The van der Waals surface area contributed by atoms with Gasteiger partial charge in [0.05, 0.1) is 28.6 Å². The summed E-state index contributed by atoms with van der Waals surface area (Å²) < 4.78 is 38.5. The summed E-state index contributed by atoms with van der Waals surface area (Å²) in [5.74, 6) is -0.113. The number of imidazole rings is 1. The Kier molecular flexibility index (Phi) is 2.56. The molecule has 0 aliphatic carbocycles. The Balaban J connectivity index is 2.20. The van der Waals surface area contributed by atoms with Crippen LogP contribution in [0.2, 0.25) is 0 Å². The van der Waals surface area contributed by atoms with Crippen LogP contribution < -0.4 is 0 Å². The number of aromatic nitrogens is 2. The SMILES string of the molecule is O=S1(=O)CCC(n2c(=S)[nH]c3ccc(F)cc32)C1. The summed E-state index contributed by atoms with van der Waals surface area (Å²) in [7, 11) is -2.99. The van der Waals surface area contributed by atoms with Crippen molar-refractivity contribution in [2.45, 2.75) is 12.5 Å². The van der Waals surface area contributed by atoms with E-state index in [1.807, 2.05) is 0 Å². The minimum absolute atomic E-state index is 0.0742. The lowest BCUT2D eigenvalue weighted by atomic mass is 10.2. The van der Waals surface area contributed by atoms with Gasteiger partial charge in [-0.3, -0.25) is 0 Å². The van der Waals surface area contributed by atoms with E-state index in [-0.39, 0.29) is 23.4 Å². The van der Waals surface area contributed by atoms with E-state index in [9.17, 15) is 12.8 Å². The predicted octanol–water partition coefficient (Wildman–Crippen LogP) is 2.20. The van der Waals surface area contributed by atoms with Gasteiger partial charge in [0.1, 0.15) is 5.82 Å². The summed E-state index contributed by atoms with van der Waals surface area (Å²) in [6, 6.07) is 4.15. The average Bonchev–Trinajstić information content (AvgIpc) is 2.77. The van der Waals surface area contributed by atoms with Gasteiger partial charge in [0, 0.05) is 0 Å². The molecule has 1 aliphatic heterocycles. The van der Waals surface area contributed by atoms with E-state index in [2.05, 4.69) is 4.98 Å². The molecule has 1 N–H and O–H groups in total. The monoisotopic (exact) mass is 286 g/mol. The molecule has 7 heteroatoms. The van der Waals surface area contributed by atoms with Gasteiger partial charge < -0.3 is 9.55 Å². The van der Waals surface area contributed by atoms with Crippen molar-refractivity contribution in [1.29, 1.82) is 0 Å². The minimum Gasteiger partial charge on any atom is -0.331 e. The first-order chi connectivity index (χ1) is 8.46. The lowest BCUT2D eigenvalue weighted by molar-refractivity contribution is 0.561. The Morgan fingerprint density at radius 2 is 2.22 bits per heavy atom. The maximum absolute atomic E-state index is 13.3. The summed E-state index contributed by atoms with van der Waals surface area (Å²) in [6.07, 6.45) is 0.528. The molecule has 0 spiro atoms. The molecule has 2 aromatic rings. The molecule has 1 fully saturated rings. The maximum atomic E-state index is 13.3. The second-order valence-electron chi connectivity index (χ2n) is 4.52. The number of nitrogens with one attached hydrogen (secondary N) is 1. The van der Waals surface area contributed by atoms with Crippen LogP contribution in [0.1, 0.15) is 12.5 Å². The summed E-state index contributed by atoms with van der Waals surface area (Å²) >= 11 is 5.20. The van der Waals surface area contributed by atoms with Crippen LogP contribution in [-0.4, -0.2) is 29.5 Å². The molecule has 1 aliphatic rings. The molecule has 1 unspecified atom stereocenters. The molecule has 0 radical (unpaired) electrons. The largest absolute Gasteiger partial charge is 0.331 e. The summed E-state index contributed by atoms with van der Waals surface area (Å²) in [5.41, 5.74) is 1.35.